The number of hydrogen-bond acceptors (Lipinski definition) is 2. The zero-order valence-electron chi connectivity index (χ0n) is 11.5. The minimum atomic E-state index is 0.539. The van der Waals surface area contributed by atoms with Crippen LogP contribution in [0.1, 0.15) is 11.1 Å². The van der Waals surface area contributed by atoms with Crippen molar-refractivity contribution in [2.24, 2.45) is 12.8 Å². The molecule has 0 spiro atoms. The number of imidazole rings is 1. The number of aromatic nitrogens is 2. The Bertz CT molecular complexity index is 790. The predicted octanol–water partition coefficient (Wildman–Crippen LogP) is 3.77. The van der Waals surface area contributed by atoms with E-state index in [0.717, 1.165) is 32.5 Å². The molecule has 3 nitrogen and oxygen atoms in total. The summed E-state index contributed by atoms with van der Waals surface area (Å²) in [4.78, 5) is 4.78. The largest absolute Gasteiger partial charge is 0.327 e. The summed E-state index contributed by atoms with van der Waals surface area (Å²) < 4.78 is 3.19. The van der Waals surface area contributed by atoms with Crippen LogP contribution < -0.4 is 5.73 Å². The van der Waals surface area contributed by atoms with Gasteiger partial charge in [-0.15, -0.1) is 0 Å². The van der Waals surface area contributed by atoms with Gasteiger partial charge in [-0.25, -0.2) is 4.98 Å². The van der Waals surface area contributed by atoms with Gasteiger partial charge < -0.3 is 10.3 Å². The Morgan fingerprint density at radius 3 is 2.75 bits per heavy atom. The summed E-state index contributed by atoms with van der Waals surface area (Å²) in [5, 5.41) is 0. The predicted molar refractivity (Wildman–Crippen MR) is 86.5 cm³/mol. The highest BCUT2D eigenvalue weighted by atomic mass is 79.9. The van der Waals surface area contributed by atoms with Crippen LogP contribution in [-0.4, -0.2) is 9.55 Å². The molecule has 4 heteroatoms. The zero-order valence-corrected chi connectivity index (χ0v) is 13.1. The van der Waals surface area contributed by atoms with Gasteiger partial charge in [0.15, 0.2) is 0 Å². The van der Waals surface area contributed by atoms with Crippen LogP contribution in [0.25, 0.3) is 22.4 Å². The van der Waals surface area contributed by atoms with E-state index in [1.165, 1.54) is 5.56 Å². The monoisotopic (exact) mass is 329 g/mol. The van der Waals surface area contributed by atoms with Gasteiger partial charge in [0.2, 0.25) is 0 Å². The van der Waals surface area contributed by atoms with Crippen molar-refractivity contribution in [2.75, 3.05) is 0 Å². The Morgan fingerprint density at radius 1 is 1.20 bits per heavy atom. The van der Waals surface area contributed by atoms with E-state index in [-0.39, 0.29) is 0 Å². The van der Waals surface area contributed by atoms with Crippen LogP contribution in [0.3, 0.4) is 0 Å². The Labute approximate surface area is 126 Å². The molecule has 0 aliphatic heterocycles. The molecule has 0 aliphatic carbocycles. The summed E-state index contributed by atoms with van der Waals surface area (Å²) >= 11 is 3.53. The summed E-state index contributed by atoms with van der Waals surface area (Å²) in [5.74, 6) is 0.980. The lowest BCUT2D eigenvalue weighted by molar-refractivity contribution is 0.957. The van der Waals surface area contributed by atoms with Gasteiger partial charge in [-0.2, -0.15) is 0 Å². The van der Waals surface area contributed by atoms with Crippen molar-refractivity contribution in [2.45, 2.75) is 13.5 Å². The average molecular weight is 330 g/mol. The highest BCUT2D eigenvalue weighted by Gasteiger charge is 2.12. The zero-order chi connectivity index (χ0) is 14.3. The SMILES string of the molecule is Cc1ccc(Br)cc1-c1nc2cc(CN)ccc2n1C. The number of nitrogens with zero attached hydrogens (tertiary/aromatic N) is 2. The minimum Gasteiger partial charge on any atom is -0.327 e. The van der Waals surface area contributed by atoms with Gasteiger partial charge in [0.1, 0.15) is 5.82 Å². The molecule has 0 atom stereocenters. The fourth-order valence-electron chi connectivity index (χ4n) is 2.45. The van der Waals surface area contributed by atoms with Crippen LogP contribution >= 0.6 is 15.9 Å². The molecule has 20 heavy (non-hydrogen) atoms. The molecule has 102 valence electrons. The first kappa shape index (κ1) is 13.3. The van der Waals surface area contributed by atoms with E-state index in [1.54, 1.807) is 0 Å². The summed E-state index contributed by atoms with van der Waals surface area (Å²) in [6.45, 7) is 2.64. The number of rotatable bonds is 2. The maximum absolute atomic E-state index is 5.70. The number of fused-ring (bicyclic) bond motifs is 1. The van der Waals surface area contributed by atoms with Crippen LogP contribution in [-0.2, 0) is 13.6 Å². The highest BCUT2D eigenvalue weighted by Crippen LogP contribution is 2.29. The molecular formula is C16H16BrN3. The molecule has 3 aromatic rings. The second kappa shape index (κ2) is 5.04. The second-order valence-electron chi connectivity index (χ2n) is 4.98. The standard InChI is InChI=1S/C16H16BrN3/c1-10-3-5-12(17)8-13(10)16-19-14-7-11(9-18)4-6-15(14)20(16)2/h3-8H,9,18H2,1-2H3. The Morgan fingerprint density at radius 2 is 2.00 bits per heavy atom. The fraction of sp³-hybridized carbons (Fsp3) is 0.188. The Balaban J connectivity index is 2.26. The van der Waals surface area contributed by atoms with E-state index in [1.807, 2.05) is 13.1 Å². The molecule has 0 fully saturated rings. The molecule has 2 N–H and O–H groups in total. The minimum absolute atomic E-state index is 0.539. The van der Waals surface area contributed by atoms with Crippen LogP contribution in [0.15, 0.2) is 40.9 Å². The van der Waals surface area contributed by atoms with Gasteiger partial charge in [-0.05, 0) is 42.3 Å². The van der Waals surface area contributed by atoms with Crippen molar-refractivity contribution in [3.63, 3.8) is 0 Å². The van der Waals surface area contributed by atoms with Gasteiger partial charge in [0.25, 0.3) is 0 Å². The van der Waals surface area contributed by atoms with Crippen LogP contribution in [0.2, 0.25) is 0 Å². The summed E-state index contributed by atoms with van der Waals surface area (Å²) in [6, 6.07) is 12.5. The second-order valence-corrected chi connectivity index (χ2v) is 5.90. The quantitative estimate of drug-likeness (QED) is 0.777. The first-order valence-electron chi connectivity index (χ1n) is 6.52. The lowest BCUT2D eigenvalue weighted by Gasteiger charge is -2.06. The van der Waals surface area contributed by atoms with Gasteiger partial charge in [-0.1, -0.05) is 28.1 Å². The van der Waals surface area contributed by atoms with Crippen LogP contribution in [0, 0.1) is 6.92 Å². The highest BCUT2D eigenvalue weighted by molar-refractivity contribution is 9.10. The lowest BCUT2D eigenvalue weighted by Crippen LogP contribution is -1.96. The van der Waals surface area contributed by atoms with Gasteiger partial charge in [-0.3, -0.25) is 0 Å². The number of hydrogen-bond donors (Lipinski definition) is 1. The third-order valence-electron chi connectivity index (χ3n) is 3.62. The van der Waals surface area contributed by atoms with Crippen molar-refractivity contribution in [1.82, 2.24) is 9.55 Å². The summed E-state index contributed by atoms with van der Waals surface area (Å²) in [7, 11) is 2.05. The van der Waals surface area contributed by atoms with Crippen molar-refractivity contribution >= 4 is 27.0 Å². The molecule has 0 aliphatic rings. The molecule has 0 saturated heterocycles. The Kier molecular flexibility index (Phi) is 3.36. The van der Waals surface area contributed by atoms with E-state index < -0.39 is 0 Å². The smallest absolute Gasteiger partial charge is 0.141 e. The molecule has 1 aromatic heterocycles. The molecule has 2 aromatic carbocycles. The third kappa shape index (κ3) is 2.15. The van der Waals surface area contributed by atoms with Gasteiger partial charge in [0, 0.05) is 23.6 Å². The topological polar surface area (TPSA) is 43.8 Å². The molecule has 1 heterocycles. The lowest BCUT2D eigenvalue weighted by atomic mass is 10.1. The molecule has 0 radical (unpaired) electrons. The van der Waals surface area contributed by atoms with E-state index in [2.05, 4.69) is 57.8 Å². The number of nitrogens with two attached hydrogens (primary N) is 1. The third-order valence-corrected chi connectivity index (χ3v) is 4.11. The van der Waals surface area contributed by atoms with Crippen molar-refractivity contribution < 1.29 is 0 Å². The number of benzene rings is 2. The van der Waals surface area contributed by atoms with Gasteiger partial charge >= 0.3 is 0 Å². The van der Waals surface area contributed by atoms with E-state index >= 15 is 0 Å². The van der Waals surface area contributed by atoms with E-state index in [9.17, 15) is 0 Å². The first-order chi connectivity index (χ1) is 9.60. The maximum Gasteiger partial charge on any atom is 0.141 e. The van der Waals surface area contributed by atoms with Crippen LogP contribution in [0.4, 0.5) is 0 Å². The summed E-state index contributed by atoms with van der Waals surface area (Å²) in [6.07, 6.45) is 0. The Hall–Kier alpha value is -1.65. The molecule has 0 amide bonds. The number of halogens is 1. The van der Waals surface area contributed by atoms with E-state index in [0.29, 0.717) is 6.54 Å². The van der Waals surface area contributed by atoms with Crippen molar-refractivity contribution in [3.8, 4) is 11.4 Å². The molecule has 3 rings (SSSR count). The fourth-order valence-corrected chi connectivity index (χ4v) is 2.81. The van der Waals surface area contributed by atoms with Crippen molar-refractivity contribution in [1.29, 1.82) is 0 Å². The summed E-state index contributed by atoms with van der Waals surface area (Å²) in [5.41, 5.74) is 11.3. The molecule has 0 unspecified atom stereocenters. The normalized spacial score (nSPS) is 11.2. The van der Waals surface area contributed by atoms with Crippen molar-refractivity contribution in [3.05, 3.63) is 52.0 Å². The molecular weight excluding hydrogens is 314 g/mol. The van der Waals surface area contributed by atoms with E-state index in [4.69, 9.17) is 10.7 Å². The first-order valence-corrected chi connectivity index (χ1v) is 7.31. The maximum atomic E-state index is 5.70. The molecule has 0 bridgehead atoms. The average Bonchev–Trinajstić information content (AvgIpc) is 2.78. The van der Waals surface area contributed by atoms with Crippen LogP contribution in [0.5, 0.6) is 0 Å². The van der Waals surface area contributed by atoms with Gasteiger partial charge in [0.05, 0.1) is 11.0 Å². The number of aryl methyl sites for hydroxylation is 2. The molecule has 0 saturated carbocycles.